The van der Waals surface area contributed by atoms with Crippen LogP contribution in [0, 0.1) is 0 Å². The van der Waals surface area contributed by atoms with Crippen LogP contribution in [0.25, 0.3) is 11.0 Å². The molecule has 2 aliphatic rings. The molecule has 0 aliphatic carbocycles. The zero-order chi connectivity index (χ0) is 29.8. The van der Waals surface area contributed by atoms with Gasteiger partial charge in [-0.2, -0.15) is 5.21 Å². The van der Waals surface area contributed by atoms with Crippen LogP contribution >= 0.6 is 0 Å². The van der Waals surface area contributed by atoms with Crippen LogP contribution in [0.3, 0.4) is 0 Å². The number of tetrazole rings is 1. The summed E-state index contributed by atoms with van der Waals surface area (Å²) in [5.74, 6) is 1.86. The first-order valence-electron chi connectivity index (χ1n) is 15.7. The topological polar surface area (TPSA) is 99.1 Å². The van der Waals surface area contributed by atoms with Crippen LogP contribution in [0.15, 0.2) is 84.9 Å². The number of rotatable bonds is 9. The molecular formula is C34H39N9O. The van der Waals surface area contributed by atoms with Gasteiger partial charge in [-0.15, -0.1) is 10.2 Å². The highest BCUT2D eigenvalue weighted by atomic mass is 16.2. The molecule has 2 aromatic heterocycles. The lowest BCUT2D eigenvalue weighted by Gasteiger charge is -2.33. The first kappa shape index (κ1) is 28.2. The molecule has 0 spiro atoms. The molecule has 2 fully saturated rings. The molecule has 1 unspecified atom stereocenters. The van der Waals surface area contributed by atoms with Gasteiger partial charge in [0.1, 0.15) is 0 Å². The van der Waals surface area contributed by atoms with E-state index < -0.39 is 0 Å². The highest BCUT2D eigenvalue weighted by molar-refractivity contribution is 5.94. The molecule has 10 nitrogen and oxygen atoms in total. The van der Waals surface area contributed by atoms with Gasteiger partial charge in [0.15, 0.2) is 5.82 Å². The number of hydrogen-bond donors (Lipinski definition) is 1. The summed E-state index contributed by atoms with van der Waals surface area (Å²) in [4.78, 5) is 25.6. The van der Waals surface area contributed by atoms with Gasteiger partial charge in [-0.1, -0.05) is 65.9 Å². The quantitative estimate of drug-likeness (QED) is 0.275. The lowest BCUT2D eigenvalue weighted by atomic mass is 9.76. The van der Waals surface area contributed by atoms with Crippen molar-refractivity contribution in [3.05, 3.63) is 102 Å². The van der Waals surface area contributed by atoms with E-state index in [1.54, 1.807) is 0 Å². The smallest absolute Gasteiger partial charge is 0.253 e. The fourth-order valence-electron chi connectivity index (χ4n) is 6.98. The molecule has 2 saturated heterocycles. The Hall–Kier alpha value is -4.57. The molecule has 4 heterocycles. The summed E-state index contributed by atoms with van der Waals surface area (Å²) in [6.45, 7) is 7.21. The third kappa shape index (κ3) is 5.81. The molecule has 226 valence electrons. The van der Waals surface area contributed by atoms with Crippen molar-refractivity contribution in [3.8, 4) is 0 Å². The number of H-pyrrole nitrogens is 1. The maximum Gasteiger partial charge on any atom is 0.253 e. The Morgan fingerprint density at radius 2 is 1.64 bits per heavy atom. The van der Waals surface area contributed by atoms with Crippen LogP contribution < -0.4 is 4.90 Å². The zero-order valence-corrected chi connectivity index (χ0v) is 25.1. The Morgan fingerprint density at radius 1 is 0.841 bits per heavy atom. The minimum absolute atomic E-state index is 0.0408. The highest BCUT2D eigenvalue weighted by Crippen LogP contribution is 2.38. The second-order valence-corrected chi connectivity index (χ2v) is 12.1. The predicted octanol–water partition coefficient (Wildman–Crippen LogP) is 4.18. The predicted molar refractivity (Wildman–Crippen MR) is 171 cm³/mol. The van der Waals surface area contributed by atoms with Crippen molar-refractivity contribution >= 4 is 22.9 Å². The second-order valence-electron chi connectivity index (χ2n) is 12.1. The number of anilines is 1. The fourth-order valence-corrected chi connectivity index (χ4v) is 6.98. The third-order valence-corrected chi connectivity index (χ3v) is 9.41. The average molecular weight is 590 g/mol. The number of benzene rings is 3. The van der Waals surface area contributed by atoms with E-state index in [1.807, 2.05) is 36.4 Å². The number of carbonyl (C=O) groups excluding carboxylic acids is 1. The molecule has 3 aromatic carbocycles. The van der Waals surface area contributed by atoms with Gasteiger partial charge in [-0.25, -0.2) is 4.98 Å². The molecule has 1 atom stereocenters. The lowest BCUT2D eigenvalue weighted by Crippen LogP contribution is -2.39. The van der Waals surface area contributed by atoms with Crippen LogP contribution in [0.2, 0.25) is 0 Å². The van der Waals surface area contributed by atoms with Gasteiger partial charge in [0.2, 0.25) is 5.95 Å². The van der Waals surface area contributed by atoms with E-state index >= 15 is 0 Å². The molecule has 5 aromatic rings. The van der Waals surface area contributed by atoms with Crippen molar-refractivity contribution < 1.29 is 4.79 Å². The van der Waals surface area contributed by atoms with Crippen LogP contribution in [0.4, 0.5) is 5.95 Å². The van der Waals surface area contributed by atoms with Crippen LogP contribution in [0.5, 0.6) is 0 Å². The molecule has 1 N–H and O–H groups in total. The number of nitrogens with one attached hydrogen (secondary N) is 1. The minimum atomic E-state index is -0.0408. The number of carbonyl (C=O) groups is 1. The molecule has 0 saturated carbocycles. The Morgan fingerprint density at radius 3 is 2.45 bits per heavy atom. The summed E-state index contributed by atoms with van der Waals surface area (Å²) >= 11 is 0. The Kier molecular flexibility index (Phi) is 8.06. The number of hydrogen-bond acceptors (Lipinski definition) is 7. The first-order chi connectivity index (χ1) is 21.7. The van der Waals surface area contributed by atoms with E-state index in [4.69, 9.17) is 4.98 Å². The molecule has 44 heavy (non-hydrogen) atoms. The van der Waals surface area contributed by atoms with Crippen LogP contribution in [-0.4, -0.2) is 91.7 Å². The number of amides is 1. The van der Waals surface area contributed by atoms with E-state index in [0.29, 0.717) is 12.2 Å². The van der Waals surface area contributed by atoms with Crippen molar-refractivity contribution in [1.82, 2.24) is 40.0 Å². The molecule has 10 heteroatoms. The molecule has 0 radical (unpaired) electrons. The minimum Gasteiger partial charge on any atom is -0.341 e. The van der Waals surface area contributed by atoms with Crippen molar-refractivity contribution in [2.75, 3.05) is 50.7 Å². The van der Waals surface area contributed by atoms with Crippen molar-refractivity contribution in [1.29, 1.82) is 0 Å². The van der Waals surface area contributed by atoms with Crippen molar-refractivity contribution in [2.24, 2.45) is 0 Å². The third-order valence-electron chi connectivity index (χ3n) is 9.41. The molecule has 1 amide bonds. The van der Waals surface area contributed by atoms with Gasteiger partial charge >= 0.3 is 0 Å². The standard InChI is InChI=1S/C34H39N9O/c44-32(27-10-3-1-4-11-27)42-23-18-34(26-42,28-12-5-2-6-13-28)17-22-40-19-9-20-41(25-24-40)33-35-29-14-7-8-15-30(29)43(33)21-16-31-36-38-39-37-31/h1-8,10-15H,9,16-26H2,(H,36,37,38,39). The summed E-state index contributed by atoms with van der Waals surface area (Å²) in [6.07, 6.45) is 3.78. The van der Waals surface area contributed by atoms with Crippen LogP contribution in [-0.2, 0) is 18.4 Å². The molecule has 7 rings (SSSR count). The number of aryl methyl sites for hydroxylation is 2. The summed E-state index contributed by atoms with van der Waals surface area (Å²) in [5.41, 5.74) is 4.22. The number of aromatic amines is 1. The zero-order valence-electron chi connectivity index (χ0n) is 25.1. The van der Waals surface area contributed by atoms with E-state index in [2.05, 4.69) is 88.4 Å². The van der Waals surface area contributed by atoms with Crippen LogP contribution in [0.1, 0.15) is 41.0 Å². The van der Waals surface area contributed by atoms with E-state index in [-0.39, 0.29) is 11.3 Å². The molecule has 0 bridgehead atoms. The summed E-state index contributed by atoms with van der Waals surface area (Å²) < 4.78 is 2.31. The summed E-state index contributed by atoms with van der Waals surface area (Å²) in [6, 6.07) is 28.9. The average Bonchev–Trinajstić information content (AvgIpc) is 3.80. The van der Waals surface area contributed by atoms with E-state index in [9.17, 15) is 4.79 Å². The van der Waals surface area contributed by atoms with Gasteiger partial charge in [0, 0.05) is 56.7 Å². The largest absolute Gasteiger partial charge is 0.341 e. The number of likely N-dealkylation sites (tertiary alicyclic amines) is 1. The van der Waals surface area contributed by atoms with Gasteiger partial charge < -0.3 is 19.3 Å². The van der Waals surface area contributed by atoms with Gasteiger partial charge in [0.05, 0.1) is 11.0 Å². The maximum atomic E-state index is 13.4. The monoisotopic (exact) mass is 589 g/mol. The Bertz CT molecular complexity index is 1670. The van der Waals surface area contributed by atoms with Gasteiger partial charge in [-0.05, 0) is 62.2 Å². The number of para-hydroxylation sites is 2. The summed E-state index contributed by atoms with van der Waals surface area (Å²) in [7, 11) is 0. The van der Waals surface area contributed by atoms with E-state index in [1.165, 1.54) is 5.56 Å². The lowest BCUT2D eigenvalue weighted by molar-refractivity contribution is 0.0781. The van der Waals surface area contributed by atoms with Crippen molar-refractivity contribution in [2.45, 2.75) is 37.6 Å². The van der Waals surface area contributed by atoms with Gasteiger partial charge in [0.25, 0.3) is 5.91 Å². The molecule has 2 aliphatic heterocycles. The Labute approximate surface area is 257 Å². The SMILES string of the molecule is O=C(c1ccccc1)N1CCC(CCN2CCCN(c3nc4ccccc4n3CCc3nn[nH]n3)CC2)(c2ccccc2)C1. The van der Waals surface area contributed by atoms with Gasteiger partial charge in [-0.3, -0.25) is 4.79 Å². The van der Waals surface area contributed by atoms with E-state index in [0.717, 1.165) is 94.2 Å². The number of nitrogens with zero attached hydrogens (tertiary/aromatic N) is 8. The number of fused-ring (bicyclic) bond motifs is 1. The molecular weight excluding hydrogens is 550 g/mol. The second kappa shape index (κ2) is 12.6. The van der Waals surface area contributed by atoms with Crippen molar-refractivity contribution in [3.63, 3.8) is 0 Å². The highest BCUT2D eigenvalue weighted by Gasteiger charge is 2.41. The first-order valence-corrected chi connectivity index (χ1v) is 15.7. The fraction of sp³-hybridized carbons (Fsp3) is 0.382. The number of imidazole rings is 1. The number of aromatic nitrogens is 6. The Balaban J connectivity index is 1.05. The summed E-state index contributed by atoms with van der Waals surface area (Å²) in [5, 5.41) is 14.6. The maximum absolute atomic E-state index is 13.4. The normalized spacial score (nSPS) is 19.5.